The van der Waals surface area contributed by atoms with Gasteiger partial charge in [0.15, 0.2) is 0 Å². The Labute approximate surface area is 80.7 Å². The lowest BCUT2D eigenvalue weighted by molar-refractivity contribution is 0.621. The Morgan fingerprint density at radius 3 is 2.50 bits per heavy atom. The van der Waals surface area contributed by atoms with E-state index in [0.717, 1.165) is 5.69 Å². The Hall–Kier alpha value is -1.84. The van der Waals surface area contributed by atoms with E-state index < -0.39 is 0 Å². The lowest BCUT2D eigenvalue weighted by Crippen LogP contribution is -1.93. The smallest absolute Gasteiger partial charge is 0.141 e. The van der Waals surface area contributed by atoms with Gasteiger partial charge in [-0.25, -0.2) is 4.39 Å². The number of aromatic nitrogens is 3. The van der Waals surface area contributed by atoms with Gasteiger partial charge in [0.05, 0.1) is 17.6 Å². The van der Waals surface area contributed by atoms with Crippen LogP contribution in [0, 0.1) is 12.7 Å². The molecule has 0 saturated carbocycles. The minimum atomic E-state index is -0.352. The van der Waals surface area contributed by atoms with Crippen LogP contribution in [0.1, 0.15) is 5.69 Å². The van der Waals surface area contributed by atoms with Gasteiger partial charge < -0.3 is 0 Å². The van der Waals surface area contributed by atoms with E-state index in [4.69, 9.17) is 0 Å². The summed E-state index contributed by atoms with van der Waals surface area (Å²) in [6.07, 6.45) is 4.37. The number of hydrogen-bond acceptors (Lipinski definition) is 3. The molecular weight excluding hydrogens is 181 g/mol. The molecule has 0 aliphatic rings. The molecule has 0 amide bonds. The van der Waals surface area contributed by atoms with Crippen molar-refractivity contribution in [2.75, 3.05) is 0 Å². The maximum absolute atomic E-state index is 12.6. The van der Waals surface area contributed by atoms with E-state index in [1.165, 1.54) is 12.3 Å². The molecule has 0 aromatic carbocycles. The Kier molecular flexibility index (Phi) is 2.18. The molecule has 14 heavy (non-hydrogen) atoms. The van der Waals surface area contributed by atoms with Gasteiger partial charge in [-0.05, 0) is 19.1 Å². The highest BCUT2D eigenvalue weighted by molar-refractivity contribution is 5.55. The van der Waals surface area contributed by atoms with Gasteiger partial charge in [0.25, 0.3) is 0 Å². The van der Waals surface area contributed by atoms with E-state index in [1.807, 2.05) is 6.92 Å². The van der Waals surface area contributed by atoms with Crippen LogP contribution >= 0.6 is 0 Å². The fraction of sp³-hybridized carbons (Fsp3) is 0.100. The highest BCUT2D eigenvalue weighted by atomic mass is 19.1. The molecule has 4 heteroatoms. The zero-order valence-corrected chi connectivity index (χ0v) is 7.61. The fourth-order valence-electron chi connectivity index (χ4n) is 1.17. The number of halogens is 1. The average Bonchev–Trinajstić information content (AvgIpc) is 2.20. The number of aryl methyl sites for hydroxylation is 1. The molecule has 2 rings (SSSR count). The van der Waals surface area contributed by atoms with Crippen molar-refractivity contribution in [3.63, 3.8) is 0 Å². The van der Waals surface area contributed by atoms with Gasteiger partial charge in [-0.3, -0.25) is 15.0 Å². The zero-order chi connectivity index (χ0) is 9.97. The van der Waals surface area contributed by atoms with Gasteiger partial charge >= 0.3 is 0 Å². The fourth-order valence-corrected chi connectivity index (χ4v) is 1.17. The Bertz CT molecular complexity index is 439. The van der Waals surface area contributed by atoms with Gasteiger partial charge in [-0.1, -0.05) is 0 Å². The van der Waals surface area contributed by atoms with Crippen LogP contribution in [-0.4, -0.2) is 15.0 Å². The number of pyridine rings is 1. The second-order valence-corrected chi connectivity index (χ2v) is 2.85. The zero-order valence-electron chi connectivity index (χ0n) is 7.61. The third kappa shape index (κ3) is 1.59. The van der Waals surface area contributed by atoms with Crippen molar-refractivity contribution in [1.82, 2.24) is 15.0 Å². The first-order valence-electron chi connectivity index (χ1n) is 4.17. The van der Waals surface area contributed by atoms with Crippen LogP contribution in [0.3, 0.4) is 0 Å². The number of hydrogen-bond donors (Lipinski definition) is 0. The van der Waals surface area contributed by atoms with Crippen LogP contribution in [0.25, 0.3) is 11.4 Å². The maximum atomic E-state index is 12.6. The lowest BCUT2D eigenvalue weighted by atomic mass is 10.2. The van der Waals surface area contributed by atoms with Crippen molar-refractivity contribution in [2.24, 2.45) is 0 Å². The van der Waals surface area contributed by atoms with Crippen molar-refractivity contribution in [3.8, 4) is 11.4 Å². The van der Waals surface area contributed by atoms with Gasteiger partial charge in [0.2, 0.25) is 0 Å². The van der Waals surface area contributed by atoms with Crippen molar-refractivity contribution in [3.05, 3.63) is 42.2 Å². The first-order valence-corrected chi connectivity index (χ1v) is 4.17. The lowest BCUT2D eigenvalue weighted by Gasteiger charge is -2.01. The number of nitrogens with zero attached hydrogens (tertiary/aromatic N) is 3. The SMILES string of the molecule is Cc1nccnc1-c1ccc(F)cn1. The molecular formula is C10H8FN3. The minimum absolute atomic E-state index is 0.352. The minimum Gasteiger partial charge on any atom is -0.258 e. The molecule has 2 aromatic heterocycles. The predicted octanol–water partition coefficient (Wildman–Crippen LogP) is 1.99. The van der Waals surface area contributed by atoms with Gasteiger partial charge in [-0.15, -0.1) is 0 Å². The topological polar surface area (TPSA) is 38.7 Å². The Morgan fingerprint density at radius 1 is 1.07 bits per heavy atom. The van der Waals surface area contributed by atoms with Crippen molar-refractivity contribution in [1.29, 1.82) is 0 Å². The Balaban J connectivity index is 2.50. The highest BCUT2D eigenvalue weighted by Gasteiger charge is 2.04. The van der Waals surface area contributed by atoms with Gasteiger partial charge in [0, 0.05) is 12.4 Å². The van der Waals surface area contributed by atoms with Crippen LogP contribution in [0.2, 0.25) is 0 Å². The summed E-state index contributed by atoms with van der Waals surface area (Å²) in [4.78, 5) is 12.1. The molecule has 2 heterocycles. The first-order chi connectivity index (χ1) is 6.77. The summed E-state index contributed by atoms with van der Waals surface area (Å²) in [5.41, 5.74) is 2.11. The molecule has 0 aliphatic carbocycles. The molecule has 0 aliphatic heterocycles. The predicted molar refractivity (Wildman–Crippen MR) is 50.0 cm³/mol. The van der Waals surface area contributed by atoms with Gasteiger partial charge in [0.1, 0.15) is 11.5 Å². The summed E-state index contributed by atoms with van der Waals surface area (Å²) in [6, 6.07) is 2.95. The Morgan fingerprint density at radius 2 is 1.86 bits per heavy atom. The summed E-state index contributed by atoms with van der Waals surface area (Å²) < 4.78 is 12.6. The van der Waals surface area contributed by atoms with Gasteiger partial charge in [-0.2, -0.15) is 0 Å². The van der Waals surface area contributed by atoms with Crippen LogP contribution in [0.5, 0.6) is 0 Å². The molecule has 0 N–H and O–H groups in total. The molecule has 0 fully saturated rings. The van der Waals surface area contributed by atoms with E-state index in [-0.39, 0.29) is 5.82 Å². The van der Waals surface area contributed by atoms with E-state index >= 15 is 0 Å². The van der Waals surface area contributed by atoms with E-state index in [0.29, 0.717) is 11.4 Å². The third-order valence-electron chi connectivity index (χ3n) is 1.85. The average molecular weight is 189 g/mol. The van der Waals surface area contributed by atoms with Crippen LogP contribution < -0.4 is 0 Å². The maximum Gasteiger partial charge on any atom is 0.141 e. The largest absolute Gasteiger partial charge is 0.258 e. The quantitative estimate of drug-likeness (QED) is 0.688. The summed E-state index contributed by atoms with van der Waals surface area (Å²) in [5.74, 6) is -0.352. The summed E-state index contributed by atoms with van der Waals surface area (Å²) in [5, 5.41) is 0. The number of rotatable bonds is 1. The second kappa shape index (κ2) is 3.49. The van der Waals surface area contributed by atoms with E-state index in [2.05, 4.69) is 15.0 Å². The van der Waals surface area contributed by atoms with Crippen molar-refractivity contribution in [2.45, 2.75) is 6.92 Å². The summed E-state index contributed by atoms with van der Waals surface area (Å²) >= 11 is 0. The third-order valence-corrected chi connectivity index (χ3v) is 1.85. The van der Waals surface area contributed by atoms with E-state index in [9.17, 15) is 4.39 Å². The highest BCUT2D eigenvalue weighted by Crippen LogP contribution is 2.15. The van der Waals surface area contributed by atoms with Crippen LogP contribution in [0.15, 0.2) is 30.7 Å². The molecule has 70 valence electrons. The first kappa shape index (κ1) is 8.74. The molecule has 0 saturated heterocycles. The van der Waals surface area contributed by atoms with E-state index in [1.54, 1.807) is 18.5 Å². The molecule has 0 unspecified atom stereocenters. The molecule has 0 spiro atoms. The van der Waals surface area contributed by atoms with Crippen LogP contribution in [-0.2, 0) is 0 Å². The second-order valence-electron chi connectivity index (χ2n) is 2.85. The van der Waals surface area contributed by atoms with Crippen molar-refractivity contribution >= 4 is 0 Å². The monoisotopic (exact) mass is 189 g/mol. The summed E-state index contributed by atoms with van der Waals surface area (Å²) in [7, 11) is 0. The van der Waals surface area contributed by atoms with Crippen molar-refractivity contribution < 1.29 is 4.39 Å². The molecule has 0 bridgehead atoms. The summed E-state index contributed by atoms with van der Waals surface area (Å²) in [6.45, 7) is 1.84. The molecule has 2 aromatic rings. The molecule has 3 nitrogen and oxygen atoms in total. The van der Waals surface area contributed by atoms with Crippen LogP contribution in [0.4, 0.5) is 4.39 Å². The molecule has 0 radical (unpaired) electrons. The molecule has 0 atom stereocenters. The standard InChI is InChI=1S/C10H8FN3/c1-7-10(13-5-4-12-7)9-3-2-8(11)6-14-9/h2-6H,1H3. The normalized spacial score (nSPS) is 10.1.